The van der Waals surface area contributed by atoms with Crippen LogP contribution in [0.25, 0.3) is 17.0 Å². The Morgan fingerprint density at radius 3 is 2.91 bits per heavy atom. The lowest BCUT2D eigenvalue weighted by molar-refractivity contribution is 0.317. The highest BCUT2D eigenvalue weighted by Crippen LogP contribution is 2.24. The first-order valence-corrected chi connectivity index (χ1v) is 6.86. The highest BCUT2D eigenvalue weighted by atomic mass is 16.5. The maximum absolute atomic E-state index is 5.85. The van der Waals surface area contributed by atoms with Crippen LogP contribution < -0.4 is 16.2 Å². The third kappa shape index (κ3) is 2.84. The normalized spacial score (nSPS) is 12.3. The molecule has 3 aromatic rings. The van der Waals surface area contributed by atoms with Crippen LogP contribution in [0.2, 0.25) is 0 Å². The average molecular weight is 312 g/mol. The van der Waals surface area contributed by atoms with Gasteiger partial charge < -0.3 is 16.2 Å². The fourth-order valence-electron chi connectivity index (χ4n) is 2.08. The van der Waals surface area contributed by atoms with E-state index in [1.807, 2.05) is 24.3 Å². The van der Waals surface area contributed by atoms with E-state index in [9.17, 15) is 0 Å². The van der Waals surface area contributed by atoms with E-state index in [2.05, 4.69) is 20.5 Å². The molecule has 3 rings (SSSR count). The molecule has 0 spiro atoms. The van der Waals surface area contributed by atoms with Crippen LogP contribution in [0.3, 0.4) is 0 Å². The van der Waals surface area contributed by atoms with Gasteiger partial charge in [0.1, 0.15) is 6.61 Å². The van der Waals surface area contributed by atoms with Gasteiger partial charge in [0.05, 0.1) is 11.0 Å². The van der Waals surface area contributed by atoms with E-state index in [0.717, 1.165) is 11.0 Å². The summed E-state index contributed by atoms with van der Waals surface area (Å²) < 4.78 is 9.01. The summed E-state index contributed by atoms with van der Waals surface area (Å²) in [6, 6.07) is 7.98. The molecule has 2 heterocycles. The van der Waals surface area contributed by atoms with Gasteiger partial charge in [0.25, 0.3) is 5.95 Å². The average Bonchev–Trinajstić information content (AvgIpc) is 3.13. The Hall–Kier alpha value is -3.36. The van der Waals surface area contributed by atoms with Crippen LogP contribution in [0, 0.1) is 0 Å². The lowest BCUT2D eigenvalue weighted by atomic mass is 10.3. The molecule has 0 aliphatic carbocycles. The highest BCUT2D eigenvalue weighted by Gasteiger charge is 2.17. The first kappa shape index (κ1) is 14.6. The van der Waals surface area contributed by atoms with Gasteiger partial charge in [0.15, 0.2) is 0 Å². The van der Waals surface area contributed by atoms with Crippen molar-refractivity contribution in [1.29, 1.82) is 0 Å². The summed E-state index contributed by atoms with van der Waals surface area (Å²) in [4.78, 5) is 4.47. The van der Waals surface area contributed by atoms with Crippen molar-refractivity contribution in [3.8, 4) is 12.0 Å². The number of nitrogens with zero attached hydrogens (tertiary/aromatic N) is 6. The summed E-state index contributed by atoms with van der Waals surface area (Å²) in [6.07, 6.45) is 4.69. The number of nitrogens with two attached hydrogens (primary N) is 2. The van der Waals surface area contributed by atoms with Gasteiger partial charge in [-0.05, 0) is 40.9 Å². The van der Waals surface area contributed by atoms with Gasteiger partial charge in [0, 0.05) is 12.7 Å². The van der Waals surface area contributed by atoms with E-state index in [1.54, 1.807) is 23.8 Å². The molecule has 1 aromatic carbocycles. The standard InChI is InChI=1S/C14H16N8O/c1-21-13(18-19-20-21)22-12-7-3-2-6-11(12)17-14(22)23-9-10(16)5-4-8-15/h2-8H,9,15-16H2,1H3/b8-4-,10-5-. The molecule has 0 bridgehead atoms. The Kier molecular flexibility index (Phi) is 3.91. The number of imidazole rings is 1. The largest absolute Gasteiger partial charge is 0.458 e. The number of tetrazole rings is 1. The molecule has 0 aliphatic rings. The molecule has 2 aromatic heterocycles. The number of para-hydroxylation sites is 2. The number of ether oxygens (including phenoxy) is 1. The van der Waals surface area contributed by atoms with Crippen LogP contribution in [-0.4, -0.2) is 36.4 Å². The van der Waals surface area contributed by atoms with E-state index in [4.69, 9.17) is 16.2 Å². The Morgan fingerprint density at radius 1 is 1.35 bits per heavy atom. The summed E-state index contributed by atoms with van der Waals surface area (Å²) in [5, 5.41) is 11.5. The van der Waals surface area contributed by atoms with E-state index in [1.165, 1.54) is 10.9 Å². The molecule has 0 fully saturated rings. The molecule has 9 heteroatoms. The van der Waals surface area contributed by atoms with Gasteiger partial charge in [-0.15, -0.1) is 0 Å². The second kappa shape index (κ2) is 6.18. The molecule has 0 atom stereocenters. The number of aryl methyl sites for hydroxylation is 1. The van der Waals surface area contributed by atoms with E-state index >= 15 is 0 Å². The number of aromatic nitrogens is 6. The third-order valence-electron chi connectivity index (χ3n) is 3.12. The van der Waals surface area contributed by atoms with E-state index in [0.29, 0.717) is 17.7 Å². The topological polar surface area (TPSA) is 123 Å². The molecular formula is C14H16N8O. The van der Waals surface area contributed by atoms with Crippen molar-refractivity contribution in [1.82, 2.24) is 29.8 Å². The van der Waals surface area contributed by atoms with Gasteiger partial charge in [-0.3, -0.25) is 0 Å². The molecule has 0 aliphatic heterocycles. The Morgan fingerprint density at radius 2 is 2.17 bits per heavy atom. The quantitative estimate of drug-likeness (QED) is 0.647. The van der Waals surface area contributed by atoms with Gasteiger partial charge in [-0.25, -0.2) is 9.25 Å². The van der Waals surface area contributed by atoms with Gasteiger partial charge in [0.2, 0.25) is 0 Å². The van der Waals surface area contributed by atoms with Crippen molar-refractivity contribution >= 4 is 11.0 Å². The molecule has 0 radical (unpaired) electrons. The third-order valence-corrected chi connectivity index (χ3v) is 3.12. The summed E-state index contributed by atoms with van der Waals surface area (Å²) in [5.74, 6) is 0.498. The second-order valence-electron chi connectivity index (χ2n) is 4.74. The minimum atomic E-state index is 0.166. The number of fused-ring (bicyclic) bond motifs is 1. The fraction of sp³-hybridized carbons (Fsp3) is 0.143. The zero-order valence-electron chi connectivity index (χ0n) is 12.5. The zero-order valence-corrected chi connectivity index (χ0v) is 12.5. The maximum Gasteiger partial charge on any atom is 0.305 e. The summed E-state index contributed by atoms with van der Waals surface area (Å²) >= 11 is 0. The summed E-state index contributed by atoms with van der Waals surface area (Å²) in [7, 11) is 1.74. The Bertz CT molecular complexity index is 876. The minimum absolute atomic E-state index is 0.166. The molecule has 0 saturated heterocycles. The Balaban J connectivity index is 2.01. The number of hydrogen-bond donors (Lipinski definition) is 2. The lowest BCUT2D eigenvalue weighted by Gasteiger charge is -2.08. The van der Waals surface area contributed by atoms with Crippen LogP contribution in [0.5, 0.6) is 6.01 Å². The summed E-state index contributed by atoms with van der Waals surface area (Å²) in [6.45, 7) is 0.166. The molecule has 4 N–H and O–H groups in total. The van der Waals surface area contributed by atoms with Crippen LogP contribution in [0.1, 0.15) is 0 Å². The van der Waals surface area contributed by atoms with Crippen LogP contribution in [0.4, 0.5) is 0 Å². The van der Waals surface area contributed by atoms with Gasteiger partial charge in [-0.2, -0.15) is 4.98 Å². The van der Waals surface area contributed by atoms with Crippen molar-refractivity contribution in [2.75, 3.05) is 6.61 Å². The van der Waals surface area contributed by atoms with Crippen LogP contribution in [0.15, 0.2) is 48.3 Å². The maximum atomic E-state index is 5.85. The van der Waals surface area contributed by atoms with Crippen molar-refractivity contribution in [2.24, 2.45) is 18.5 Å². The Labute approximate surface area is 131 Å². The molecule has 0 amide bonds. The van der Waals surface area contributed by atoms with E-state index < -0.39 is 0 Å². The van der Waals surface area contributed by atoms with Crippen molar-refractivity contribution in [3.63, 3.8) is 0 Å². The van der Waals surface area contributed by atoms with Crippen molar-refractivity contribution in [3.05, 3.63) is 48.3 Å². The first-order valence-electron chi connectivity index (χ1n) is 6.86. The highest BCUT2D eigenvalue weighted by molar-refractivity contribution is 5.78. The minimum Gasteiger partial charge on any atom is -0.458 e. The lowest BCUT2D eigenvalue weighted by Crippen LogP contribution is -2.13. The predicted molar refractivity (Wildman–Crippen MR) is 84.5 cm³/mol. The van der Waals surface area contributed by atoms with Crippen LogP contribution >= 0.6 is 0 Å². The predicted octanol–water partition coefficient (Wildman–Crippen LogP) is 0.243. The molecule has 0 saturated carbocycles. The smallest absolute Gasteiger partial charge is 0.305 e. The van der Waals surface area contributed by atoms with Crippen LogP contribution in [-0.2, 0) is 7.05 Å². The SMILES string of the molecule is Cn1nnnc1-n1c(OC/C(N)=C/C=C\N)nc2ccccc21. The van der Waals surface area contributed by atoms with Gasteiger partial charge in [-0.1, -0.05) is 17.2 Å². The number of rotatable bonds is 5. The molecule has 0 unspecified atom stereocenters. The zero-order chi connectivity index (χ0) is 16.2. The molecule has 118 valence electrons. The van der Waals surface area contributed by atoms with Crippen molar-refractivity contribution in [2.45, 2.75) is 0 Å². The number of allylic oxidation sites excluding steroid dienone is 2. The molecule has 23 heavy (non-hydrogen) atoms. The first-order chi connectivity index (χ1) is 11.2. The number of hydrogen-bond acceptors (Lipinski definition) is 7. The monoisotopic (exact) mass is 312 g/mol. The molecule has 9 nitrogen and oxygen atoms in total. The van der Waals surface area contributed by atoms with Crippen molar-refractivity contribution < 1.29 is 4.74 Å². The molecular weight excluding hydrogens is 296 g/mol. The fourth-order valence-corrected chi connectivity index (χ4v) is 2.08. The second-order valence-corrected chi connectivity index (χ2v) is 4.74. The summed E-state index contributed by atoms with van der Waals surface area (Å²) in [5.41, 5.74) is 13.3. The number of benzene rings is 1. The van der Waals surface area contributed by atoms with Gasteiger partial charge >= 0.3 is 6.01 Å². The van der Waals surface area contributed by atoms with E-state index in [-0.39, 0.29) is 6.61 Å².